The molecule has 4 bridgehead atoms. The third kappa shape index (κ3) is 2.06. The van der Waals surface area contributed by atoms with Crippen LogP contribution in [0.15, 0.2) is 0 Å². The number of hydrogen-bond acceptors (Lipinski definition) is 2. The molecule has 0 amide bonds. The van der Waals surface area contributed by atoms with Gasteiger partial charge in [-0.1, -0.05) is 6.92 Å². The van der Waals surface area contributed by atoms with Gasteiger partial charge in [0.05, 0.1) is 0 Å². The molecule has 19 heavy (non-hydrogen) atoms. The summed E-state index contributed by atoms with van der Waals surface area (Å²) in [6.45, 7) is 7.45. The van der Waals surface area contributed by atoms with Crippen LogP contribution in [0.2, 0.25) is 0 Å². The van der Waals surface area contributed by atoms with Crippen molar-refractivity contribution < 1.29 is 0 Å². The average Bonchev–Trinajstić information content (AvgIpc) is 2.38. The molecule has 1 heterocycles. The highest BCUT2D eigenvalue weighted by atomic mass is 15.2. The standard InChI is InChI=1S/C17H30N2/c1-2-4-19-5-3-18-12-16(19)17-9-13-6-14(10-17)8-15(7-13)11-17/h13-16,18H,2-12H2,1H3. The minimum atomic E-state index is 0.706. The Kier molecular flexibility index (Phi) is 3.15. The van der Waals surface area contributed by atoms with Crippen molar-refractivity contribution in [3.8, 4) is 0 Å². The lowest BCUT2D eigenvalue weighted by atomic mass is 9.47. The first-order valence-electron chi connectivity index (χ1n) is 8.74. The fourth-order valence-corrected chi connectivity index (χ4v) is 6.49. The van der Waals surface area contributed by atoms with Crippen LogP contribution in [0, 0.1) is 23.2 Å². The van der Waals surface area contributed by atoms with Gasteiger partial charge in [-0.25, -0.2) is 0 Å². The summed E-state index contributed by atoms with van der Waals surface area (Å²) in [6.07, 6.45) is 10.7. The zero-order valence-corrected chi connectivity index (χ0v) is 12.5. The molecule has 4 aliphatic carbocycles. The largest absolute Gasteiger partial charge is 0.314 e. The molecule has 5 fully saturated rings. The minimum absolute atomic E-state index is 0.706. The smallest absolute Gasteiger partial charge is 0.0277 e. The molecule has 1 aliphatic heterocycles. The first-order valence-corrected chi connectivity index (χ1v) is 8.74. The van der Waals surface area contributed by atoms with Crippen LogP contribution in [0.5, 0.6) is 0 Å². The summed E-state index contributed by atoms with van der Waals surface area (Å²) in [5.41, 5.74) is 0.706. The molecule has 0 aromatic rings. The Morgan fingerprint density at radius 3 is 2.26 bits per heavy atom. The quantitative estimate of drug-likeness (QED) is 0.841. The maximum atomic E-state index is 3.71. The molecule has 0 radical (unpaired) electrons. The van der Waals surface area contributed by atoms with Gasteiger partial charge in [-0.2, -0.15) is 0 Å². The topological polar surface area (TPSA) is 15.3 Å². The highest BCUT2D eigenvalue weighted by molar-refractivity contribution is 5.07. The molecule has 0 spiro atoms. The van der Waals surface area contributed by atoms with Crippen molar-refractivity contribution in [2.45, 2.75) is 57.9 Å². The minimum Gasteiger partial charge on any atom is -0.314 e. The summed E-state index contributed by atoms with van der Waals surface area (Å²) in [6, 6.07) is 0.856. The fourth-order valence-electron chi connectivity index (χ4n) is 6.49. The van der Waals surface area contributed by atoms with Crippen LogP contribution < -0.4 is 5.32 Å². The predicted molar refractivity (Wildman–Crippen MR) is 79.1 cm³/mol. The molecule has 2 nitrogen and oxygen atoms in total. The van der Waals surface area contributed by atoms with E-state index in [0.29, 0.717) is 5.41 Å². The monoisotopic (exact) mass is 262 g/mol. The Morgan fingerprint density at radius 2 is 1.68 bits per heavy atom. The van der Waals surface area contributed by atoms with Crippen LogP contribution in [-0.4, -0.2) is 37.1 Å². The van der Waals surface area contributed by atoms with Crippen LogP contribution in [0.25, 0.3) is 0 Å². The Balaban J connectivity index is 1.59. The van der Waals surface area contributed by atoms with Crippen molar-refractivity contribution in [2.24, 2.45) is 23.2 Å². The zero-order valence-electron chi connectivity index (χ0n) is 12.5. The van der Waals surface area contributed by atoms with E-state index in [1.165, 1.54) is 32.6 Å². The third-order valence-corrected chi connectivity index (χ3v) is 6.66. The molecular weight excluding hydrogens is 232 g/mol. The number of rotatable bonds is 3. The number of hydrogen-bond donors (Lipinski definition) is 1. The highest BCUT2D eigenvalue weighted by Gasteiger charge is 2.55. The van der Waals surface area contributed by atoms with Gasteiger partial charge < -0.3 is 5.32 Å². The molecule has 1 N–H and O–H groups in total. The molecular formula is C17H30N2. The molecule has 2 heteroatoms. The van der Waals surface area contributed by atoms with E-state index in [9.17, 15) is 0 Å². The van der Waals surface area contributed by atoms with Gasteiger partial charge in [0.15, 0.2) is 0 Å². The highest BCUT2D eigenvalue weighted by Crippen LogP contribution is 2.62. The maximum absolute atomic E-state index is 3.71. The first-order chi connectivity index (χ1) is 9.29. The van der Waals surface area contributed by atoms with Crippen molar-refractivity contribution >= 4 is 0 Å². The molecule has 4 saturated carbocycles. The second-order valence-electron chi connectivity index (χ2n) is 8.04. The lowest BCUT2D eigenvalue weighted by molar-refractivity contribution is -0.105. The molecule has 1 unspecified atom stereocenters. The summed E-state index contributed by atoms with van der Waals surface area (Å²) in [4.78, 5) is 2.85. The number of nitrogens with zero attached hydrogens (tertiary/aromatic N) is 1. The van der Waals surface area contributed by atoms with E-state index in [1.807, 2.05) is 0 Å². The second kappa shape index (κ2) is 4.73. The summed E-state index contributed by atoms with van der Waals surface area (Å²) >= 11 is 0. The van der Waals surface area contributed by atoms with Gasteiger partial charge in [-0.05, 0) is 74.7 Å². The number of piperazine rings is 1. The zero-order chi connectivity index (χ0) is 12.9. The summed E-state index contributed by atoms with van der Waals surface area (Å²) < 4.78 is 0. The third-order valence-electron chi connectivity index (χ3n) is 6.66. The van der Waals surface area contributed by atoms with Gasteiger partial charge in [0.2, 0.25) is 0 Å². The first kappa shape index (κ1) is 12.6. The van der Waals surface area contributed by atoms with Gasteiger partial charge in [0.1, 0.15) is 0 Å². The Bertz CT molecular complexity index is 301. The predicted octanol–water partition coefficient (Wildman–Crippen LogP) is 2.89. The normalized spacial score (nSPS) is 49.7. The van der Waals surface area contributed by atoms with Gasteiger partial charge in [0, 0.05) is 25.7 Å². The van der Waals surface area contributed by atoms with Crippen molar-refractivity contribution in [1.82, 2.24) is 10.2 Å². The molecule has 5 aliphatic rings. The van der Waals surface area contributed by atoms with E-state index in [-0.39, 0.29) is 0 Å². The van der Waals surface area contributed by atoms with Crippen LogP contribution in [0.3, 0.4) is 0 Å². The van der Waals surface area contributed by atoms with Crippen molar-refractivity contribution in [2.75, 3.05) is 26.2 Å². The second-order valence-corrected chi connectivity index (χ2v) is 8.04. The van der Waals surface area contributed by atoms with E-state index in [0.717, 1.165) is 23.8 Å². The number of nitrogens with one attached hydrogen (secondary N) is 1. The van der Waals surface area contributed by atoms with Gasteiger partial charge >= 0.3 is 0 Å². The lowest BCUT2D eigenvalue weighted by Crippen LogP contribution is -2.63. The van der Waals surface area contributed by atoms with Gasteiger partial charge in [0.25, 0.3) is 0 Å². The van der Waals surface area contributed by atoms with E-state index in [4.69, 9.17) is 0 Å². The van der Waals surface area contributed by atoms with Crippen LogP contribution in [-0.2, 0) is 0 Å². The molecule has 0 aromatic heterocycles. The van der Waals surface area contributed by atoms with Crippen LogP contribution >= 0.6 is 0 Å². The van der Waals surface area contributed by atoms with E-state index in [1.54, 1.807) is 38.5 Å². The summed E-state index contributed by atoms with van der Waals surface area (Å²) in [5.74, 6) is 3.28. The van der Waals surface area contributed by atoms with Crippen molar-refractivity contribution in [3.63, 3.8) is 0 Å². The van der Waals surface area contributed by atoms with Crippen LogP contribution in [0.4, 0.5) is 0 Å². The Labute approximate surface area is 118 Å². The fraction of sp³-hybridized carbons (Fsp3) is 1.00. The van der Waals surface area contributed by atoms with Crippen LogP contribution in [0.1, 0.15) is 51.9 Å². The van der Waals surface area contributed by atoms with E-state index in [2.05, 4.69) is 17.1 Å². The van der Waals surface area contributed by atoms with E-state index >= 15 is 0 Å². The summed E-state index contributed by atoms with van der Waals surface area (Å²) in [7, 11) is 0. The molecule has 5 rings (SSSR count). The molecule has 0 aromatic carbocycles. The van der Waals surface area contributed by atoms with Gasteiger partial charge in [-0.3, -0.25) is 4.90 Å². The SMILES string of the molecule is CCCN1CCNCC1C12CC3CC(CC(C3)C1)C2. The lowest BCUT2D eigenvalue weighted by Gasteiger charge is -2.62. The van der Waals surface area contributed by atoms with E-state index < -0.39 is 0 Å². The van der Waals surface area contributed by atoms with Crippen molar-refractivity contribution in [3.05, 3.63) is 0 Å². The molecule has 1 saturated heterocycles. The Morgan fingerprint density at radius 1 is 1.05 bits per heavy atom. The molecule has 108 valence electrons. The Hall–Kier alpha value is -0.0800. The average molecular weight is 262 g/mol. The molecule has 1 atom stereocenters. The maximum Gasteiger partial charge on any atom is 0.0277 e. The van der Waals surface area contributed by atoms with Crippen molar-refractivity contribution in [1.29, 1.82) is 0 Å². The van der Waals surface area contributed by atoms with Gasteiger partial charge in [-0.15, -0.1) is 0 Å². The summed E-state index contributed by atoms with van der Waals surface area (Å²) in [5, 5.41) is 3.71.